The van der Waals surface area contributed by atoms with Gasteiger partial charge < -0.3 is 26.0 Å². The fraction of sp³-hybridized carbons (Fsp3) is 0.273. The van der Waals surface area contributed by atoms with Crippen molar-refractivity contribution in [3.63, 3.8) is 0 Å². The normalized spacial score (nSPS) is 10.3. The number of primary amides is 1. The Kier molecular flexibility index (Phi) is 4.38. The van der Waals surface area contributed by atoms with Gasteiger partial charge in [-0.15, -0.1) is 11.3 Å². The Morgan fingerprint density at radius 2 is 2.29 bits per heavy atom. The summed E-state index contributed by atoms with van der Waals surface area (Å²) in [4.78, 5) is 27.2. The third-order valence-electron chi connectivity index (χ3n) is 2.46. The zero-order chi connectivity index (χ0) is 15.4. The molecule has 0 spiro atoms. The van der Waals surface area contributed by atoms with Gasteiger partial charge in [-0.25, -0.2) is 4.79 Å². The highest BCUT2D eigenvalue weighted by atomic mass is 32.1. The van der Waals surface area contributed by atoms with Gasteiger partial charge in [-0.3, -0.25) is 4.79 Å². The lowest BCUT2D eigenvalue weighted by Gasteiger charge is -2.05. The number of ether oxygens (including phenoxy) is 1. The average molecular weight is 311 g/mol. The van der Waals surface area contributed by atoms with Crippen LogP contribution < -0.4 is 16.8 Å². The van der Waals surface area contributed by atoms with Gasteiger partial charge in [0.2, 0.25) is 6.39 Å². The average Bonchev–Trinajstić information content (AvgIpc) is 3.04. The molecule has 0 atom stereocenters. The van der Waals surface area contributed by atoms with Crippen molar-refractivity contribution in [2.75, 3.05) is 17.7 Å². The molecule has 0 saturated carbocycles. The fourth-order valence-electron chi connectivity index (χ4n) is 1.59. The molecular weight excluding hydrogens is 298 g/mol. The van der Waals surface area contributed by atoms with Crippen molar-refractivity contribution in [2.24, 2.45) is 5.73 Å². The summed E-state index contributed by atoms with van der Waals surface area (Å²) in [5.41, 5.74) is 11.1. The highest BCUT2D eigenvalue weighted by molar-refractivity contribution is 7.19. The molecule has 10 heteroatoms. The minimum absolute atomic E-state index is 0.00145. The zero-order valence-corrected chi connectivity index (χ0v) is 11.9. The largest absolute Gasteiger partial charge is 0.462 e. The molecule has 9 nitrogen and oxygen atoms in total. The molecule has 2 rings (SSSR count). The molecule has 0 bridgehead atoms. The molecule has 5 N–H and O–H groups in total. The van der Waals surface area contributed by atoms with E-state index >= 15 is 0 Å². The number of nitrogens with two attached hydrogens (primary N) is 2. The van der Waals surface area contributed by atoms with Crippen molar-refractivity contribution >= 4 is 33.9 Å². The fourth-order valence-corrected chi connectivity index (χ4v) is 2.54. The van der Waals surface area contributed by atoms with Gasteiger partial charge in [0.05, 0.1) is 18.8 Å². The minimum Gasteiger partial charge on any atom is -0.462 e. The van der Waals surface area contributed by atoms with Crippen molar-refractivity contribution < 1.29 is 18.8 Å². The molecule has 0 radical (unpaired) electrons. The van der Waals surface area contributed by atoms with E-state index in [0.717, 1.165) is 11.3 Å². The van der Waals surface area contributed by atoms with E-state index in [4.69, 9.17) is 16.2 Å². The van der Waals surface area contributed by atoms with Crippen LogP contribution in [0, 0.1) is 0 Å². The van der Waals surface area contributed by atoms with E-state index in [1.54, 1.807) is 6.92 Å². The van der Waals surface area contributed by atoms with Gasteiger partial charge in [-0.05, 0) is 6.92 Å². The van der Waals surface area contributed by atoms with Gasteiger partial charge in [0.25, 0.3) is 5.91 Å². The molecule has 2 aromatic heterocycles. The summed E-state index contributed by atoms with van der Waals surface area (Å²) in [6.07, 6.45) is 1.18. The second-order valence-corrected chi connectivity index (χ2v) is 4.86. The number of carbonyl (C=O) groups excluding carboxylic acids is 2. The van der Waals surface area contributed by atoms with Crippen LogP contribution in [0.4, 0.5) is 10.7 Å². The predicted molar refractivity (Wildman–Crippen MR) is 74.8 cm³/mol. The van der Waals surface area contributed by atoms with Crippen molar-refractivity contribution in [3.05, 3.63) is 22.7 Å². The maximum absolute atomic E-state index is 11.9. The highest BCUT2D eigenvalue weighted by Gasteiger charge is 2.25. The number of rotatable bonds is 6. The van der Waals surface area contributed by atoms with Gasteiger partial charge in [0.1, 0.15) is 15.4 Å². The predicted octanol–water partition coefficient (Wildman–Crippen LogP) is 0.601. The first kappa shape index (κ1) is 14.8. The van der Waals surface area contributed by atoms with Crippen LogP contribution in [0.1, 0.15) is 32.8 Å². The Labute approximate surface area is 123 Å². The molecule has 0 aliphatic rings. The Bertz CT molecular complexity index is 652. The maximum Gasteiger partial charge on any atom is 0.343 e. The molecular formula is C11H13N5O4S. The number of nitrogens with zero attached hydrogens (tertiary/aromatic N) is 2. The molecule has 0 aliphatic heterocycles. The van der Waals surface area contributed by atoms with E-state index in [-0.39, 0.29) is 29.3 Å². The Hall–Kier alpha value is -2.62. The minimum atomic E-state index is -0.712. The van der Waals surface area contributed by atoms with Crippen LogP contribution in [0.2, 0.25) is 0 Å². The first-order valence-corrected chi connectivity index (χ1v) is 6.74. The van der Waals surface area contributed by atoms with E-state index in [1.165, 1.54) is 6.39 Å². The zero-order valence-electron chi connectivity index (χ0n) is 11.1. The summed E-state index contributed by atoms with van der Waals surface area (Å²) < 4.78 is 9.52. The molecule has 0 saturated heterocycles. The van der Waals surface area contributed by atoms with Crippen molar-refractivity contribution in [2.45, 2.75) is 13.5 Å². The molecule has 2 aromatic rings. The number of hydrogen-bond acceptors (Lipinski definition) is 9. The monoisotopic (exact) mass is 311 g/mol. The summed E-state index contributed by atoms with van der Waals surface area (Å²) in [6.45, 7) is 2.05. The van der Waals surface area contributed by atoms with Gasteiger partial charge in [0, 0.05) is 0 Å². The molecule has 0 aromatic carbocycles. The number of nitrogens with one attached hydrogen (secondary N) is 1. The summed E-state index contributed by atoms with van der Waals surface area (Å²) in [6, 6.07) is 0. The Morgan fingerprint density at radius 3 is 2.86 bits per heavy atom. The number of aromatic nitrogens is 2. The molecule has 112 valence electrons. The van der Waals surface area contributed by atoms with Crippen LogP contribution in [0.5, 0.6) is 0 Å². The molecule has 0 fully saturated rings. The van der Waals surface area contributed by atoms with Crippen LogP contribution >= 0.6 is 11.3 Å². The van der Waals surface area contributed by atoms with E-state index < -0.39 is 11.9 Å². The molecule has 1 amide bonds. The van der Waals surface area contributed by atoms with Crippen LogP contribution in [0.3, 0.4) is 0 Å². The lowest BCUT2D eigenvalue weighted by Crippen LogP contribution is -2.13. The second kappa shape index (κ2) is 6.22. The quantitative estimate of drug-likeness (QED) is 0.657. The van der Waals surface area contributed by atoms with Crippen molar-refractivity contribution in [1.29, 1.82) is 0 Å². The number of carbonyl (C=O) groups is 2. The lowest BCUT2D eigenvalue weighted by molar-refractivity contribution is 0.0529. The molecule has 0 unspecified atom stereocenters. The first-order chi connectivity index (χ1) is 10.0. The van der Waals surface area contributed by atoms with Gasteiger partial charge in [-0.1, -0.05) is 5.16 Å². The molecule has 2 heterocycles. The maximum atomic E-state index is 11.9. The van der Waals surface area contributed by atoms with Gasteiger partial charge in [-0.2, -0.15) is 4.98 Å². The lowest BCUT2D eigenvalue weighted by atomic mass is 10.2. The Balaban J connectivity index is 2.31. The van der Waals surface area contributed by atoms with Gasteiger partial charge >= 0.3 is 5.97 Å². The van der Waals surface area contributed by atoms with Crippen LogP contribution in [0.15, 0.2) is 10.9 Å². The van der Waals surface area contributed by atoms with E-state index in [1.807, 2.05) is 0 Å². The summed E-state index contributed by atoms with van der Waals surface area (Å²) >= 11 is 0.973. The van der Waals surface area contributed by atoms with Crippen molar-refractivity contribution in [3.8, 4) is 0 Å². The van der Waals surface area contributed by atoms with E-state index in [9.17, 15) is 9.59 Å². The molecule has 21 heavy (non-hydrogen) atoms. The number of amides is 1. The standard InChI is InChI=1S/C11H13N5O4S/c1-2-19-11(18)6-7(12)8(9(13)17)21-10(6)14-3-5-15-4-20-16-5/h4,14H,2-3,12H2,1H3,(H2,13,17). The number of hydrogen-bond donors (Lipinski definition) is 3. The number of nitrogen functional groups attached to an aromatic ring is 1. The number of anilines is 2. The second-order valence-electron chi connectivity index (χ2n) is 3.83. The summed E-state index contributed by atoms with van der Waals surface area (Å²) in [7, 11) is 0. The first-order valence-electron chi connectivity index (χ1n) is 5.92. The summed E-state index contributed by atoms with van der Waals surface area (Å²) in [5.74, 6) is -0.956. The van der Waals surface area contributed by atoms with E-state index in [2.05, 4.69) is 20.0 Å². The smallest absolute Gasteiger partial charge is 0.343 e. The summed E-state index contributed by atoms with van der Waals surface area (Å²) in [5, 5.41) is 6.90. The van der Waals surface area contributed by atoms with Crippen LogP contribution in [-0.2, 0) is 11.3 Å². The van der Waals surface area contributed by atoms with Crippen molar-refractivity contribution in [1.82, 2.24) is 10.1 Å². The van der Waals surface area contributed by atoms with Crippen LogP contribution in [-0.4, -0.2) is 28.6 Å². The number of esters is 1. The number of thiophene rings is 1. The Morgan fingerprint density at radius 1 is 1.52 bits per heavy atom. The SMILES string of the molecule is CCOC(=O)c1c(NCc2ncon2)sc(C(N)=O)c1N. The van der Waals surface area contributed by atoms with Crippen LogP contribution in [0.25, 0.3) is 0 Å². The van der Waals surface area contributed by atoms with Gasteiger partial charge in [0.15, 0.2) is 5.82 Å². The highest BCUT2D eigenvalue weighted by Crippen LogP contribution is 2.36. The molecule has 0 aliphatic carbocycles. The van der Waals surface area contributed by atoms with E-state index in [0.29, 0.717) is 10.8 Å². The third-order valence-corrected chi connectivity index (χ3v) is 3.64. The topological polar surface area (TPSA) is 146 Å². The third kappa shape index (κ3) is 3.11.